The summed E-state index contributed by atoms with van der Waals surface area (Å²) in [4.78, 5) is 10.9. The Morgan fingerprint density at radius 3 is 2.62 bits per heavy atom. The summed E-state index contributed by atoms with van der Waals surface area (Å²) in [6.07, 6.45) is 0. The molecule has 0 saturated heterocycles. The van der Waals surface area contributed by atoms with Crippen LogP contribution < -0.4 is 10.5 Å². The topological polar surface area (TPSA) is 64.5 Å². The van der Waals surface area contributed by atoms with Gasteiger partial charge in [-0.25, -0.2) is 0 Å². The Balaban J connectivity index is 2.21. The quantitative estimate of drug-likeness (QED) is 0.694. The first-order valence-corrected chi connectivity index (χ1v) is 6.80. The summed E-state index contributed by atoms with van der Waals surface area (Å²) in [5.74, 6) is -1.33. The van der Waals surface area contributed by atoms with Gasteiger partial charge in [-0.15, -0.1) is 0 Å². The first kappa shape index (κ1) is 15.4. The Morgan fingerprint density at radius 2 is 1.95 bits per heavy atom. The van der Waals surface area contributed by atoms with Gasteiger partial charge in [0, 0.05) is 15.6 Å². The number of benzene rings is 2. The van der Waals surface area contributed by atoms with Crippen molar-refractivity contribution >= 4 is 40.6 Å². The highest BCUT2D eigenvalue weighted by Crippen LogP contribution is 2.20. The van der Waals surface area contributed by atoms with Gasteiger partial charge >= 0.3 is 0 Å². The van der Waals surface area contributed by atoms with Crippen molar-refractivity contribution in [3.8, 4) is 0 Å². The number of nitrogens with zero attached hydrogens (tertiary/aromatic N) is 1. The van der Waals surface area contributed by atoms with Gasteiger partial charge in [-0.3, -0.25) is 5.43 Å². The van der Waals surface area contributed by atoms with Crippen molar-refractivity contribution in [1.29, 1.82) is 0 Å². The molecule has 0 spiro atoms. The summed E-state index contributed by atoms with van der Waals surface area (Å²) >= 11 is 11.7. The van der Waals surface area contributed by atoms with E-state index >= 15 is 0 Å². The van der Waals surface area contributed by atoms with Crippen LogP contribution in [0.2, 0.25) is 10.0 Å². The minimum Gasteiger partial charge on any atom is -0.545 e. The van der Waals surface area contributed by atoms with Crippen molar-refractivity contribution in [2.45, 2.75) is 6.92 Å². The fourth-order valence-corrected chi connectivity index (χ4v) is 2.06. The first-order valence-electron chi connectivity index (χ1n) is 6.04. The number of nitrogens with one attached hydrogen (secondary N) is 1. The second kappa shape index (κ2) is 6.61. The lowest BCUT2D eigenvalue weighted by atomic mass is 10.1. The predicted molar refractivity (Wildman–Crippen MR) is 83.1 cm³/mol. The Labute approximate surface area is 132 Å². The van der Waals surface area contributed by atoms with E-state index in [0.29, 0.717) is 16.4 Å². The van der Waals surface area contributed by atoms with Gasteiger partial charge in [-0.2, -0.15) is 5.10 Å². The number of carbonyl (C=O) groups excluding carboxylic acids is 1. The summed E-state index contributed by atoms with van der Waals surface area (Å²) < 4.78 is 0. The van der Waals surface area contributed by atoms with E-state index in [1.54, 1.807) is 18.2 Å². The summed E-state index contributed by atoms with van der Waals surface area (Å²) in [6.45, 7) is 1.81. The van der Waals surface area contributed by atoms with Gasteiger partial charge in [0.1, 0.15) is 0 Å². The predicted octanol–water partition coefficient (Wildman–Crippen LogP) is 3.19. The standard InChI is InChI=1S/C15H12Cl2N2O2/c1-9(10-3-2-4-11(16)7-10)18-19-12-5-6-14(17)13(8-12)15(20)21/h2-8,19H,1H3,(H,20,21)/p-1/b18-9-. The molecule has 0 radical (unpaired) electrons. The van der Waals surface area contributed by atoms with E-state index in [-0.39, 0.29) is 10.6 Å². The second-order valence-corrected chi connectivity index (χ2v) is 5.15. The molecule has 2 rings (SSSR count). The molecule has 2 aromatic carbocycles. The minimum atomic E-state index is -1.33. The highest BCUT2D eigenvalue weighted by Gasteiger charge is 2.03. The molecule has 0 aromatic heterocycles. The molecule has 0 heterocycles. The minimum absolute atomic E-state index is 0.0859. The lowest BCUT2D eigenvalue weighted by molar-refractivity contribution is -0.255. The van der Waals surface area contributed by atoms with Crippen LogP contribution in [0.1, 0.15) is 22.8 Å². The molecule has 0 amide bonds. The molecular weight excluding hydrogens is 311 g/mol. The van der Waals surface area contributed by atoms with Crippen molar-refractivity contribution in [3.05, 3.63) is 63.6 Å². The van der Waals surface area contributed by atoms with Gasteiger partial charge in [-0.1, -0.05) is 35.3 Å². The number of hydrogen-bond acceptors (Lipinski definition) is 4. The van der Waals surface area contributed by atoms with Crippen LogP contribution in [0.5, 0.6) is 0 Å². The molecule has 1 N–H and O–H groups in total. The number of rotatable bonds is 4. The van der Waals surface area contributed by atoms with Crippen LogP contribution in [-0.4, -0.2) is 11.7 Å². The Bertz CT molecular complexity index is 715. The van der Waals surface area contributed by atoms with Crippen LogP contribution in [0.15, 0.2) is 47.6 Å². The van der Waals surface area contributed by atoms with Crippen molar-refractivity contribution in [2.75, 3.05) is 5.43 Å². The zero-order chi connectivity index (χ0) is 15.4. The third-order valence-corrected chi connectivity index (χ3v) is 3.35. The molecule has 0 fully saturated rings. The SMILES string of the molecule is C/C(=N/Nc1ccc(Cl)c(C(=O)[O-])c1)c1cccc(Cl)c1. The van der Waals surface area contributed by atoms with E-state index in [1.165, 1.54) is 12.1 Å². The average molecular weight is 322 g/mol. The van der Waals surface area contributed by atoms with Gasteiger partial charge in [0.05, 0.1) is 17.4 Å². The summed E-state index contributed by atoms with van der Waals surface area (Å²) in [6, 6.07) is 11.7. The number of aromatic carboxylic acids is 1. The maximum absolute atomic E-state index is 10.9. The van der Waals surface area contributed by atoms with E-state index in [9.17, 15) is 9.90 Å². The molecule has 0 aliphatic rings. The number of halogens is 2. The molecule has 0 saturated carbocycles. The number of hydrazone groups is 1. The largest absolute Gasteiger partial charge is 0.545 e. The van der Waals surface area contributed by atoms with Crippen LogP contribution in [0.3, 0.4) is 0 Å². The molecule has 2 aromatic rings. The average Bonchev–Trinajstić information content (AvgIpc) is 2.45. The Morgan fingerprint density at radius 1 is 1.19 bits per heavy atom. The van der Waals surface area contributed by atoms with E-state index < -0.39 is 5.97 Å². The molecule has 6 heteroatoms. The van der Waals surface area contributed by atoms with E-state index in [0.717, 1.165) is 5.56 Å². The number of carbonyl (C=O) groups is 1. The lowest BCUT2D eigenvalue weighted by Gasteiger charge is -2.08. The maximum atomic E-state index is 10.9. The molecule has 0 atom stereocenters. The van der Waals surface area contributed by atoms with Gasteiger partial charge in [0.25, 0.3) is 0 Å². The molecule has 4 nitrogen and oxygen atoms in total. The van der Waals surface area contributed by atoms with Crippen LogP contribution in [0.4, 0.5) is 5.69 Å². The zero-order valence-corrected chi connectivity index (χ0v) is 12.6. The number of hydrogen-bond donors (Lipinski definition) is 1. The molecule has 0 unspecified atom stereocenters. The van der Waals surface area contributed by atoms with Gasteiger partial charge in [0.15, 0.2) is 0 Å². The monoisotopic (exact) mass is 321 g/mol. The highest BCUT2D eigenvalue weighted by atomic mass is 35.5. The summed E-state index contributed by atoms with van der Waals surface area (Å²) in [5, 5.41) is 15.8. The molecule has 0 aliphatic heterocycles. The van der Waals surface area contributed by atoms with E-state index in [1.807, 2.05) is 19.1 Å². The van der Waals surface area contributed by atoms with Crippen molar-refractivity contribution in [2.24, 2.45) is 5.10 Å². The normalized spacial score (nSPS) is 11.3. The van der Waals surface area contributed by atoms with Crippen molar-refractivity contribution in [1.82, 2.24) is 0 Å². The van der Waals surface area contributed by atoms with E-state index in [2.05, 4.69) is 10.5 Å². The zero-order valence-electron chi connectivity index (χ0n) is 11.1. The second-order valence-electron chi connectivity index (χ2n) is 4.30. The van der Waals surface area contributed by atoms with Gasteiger partial charge < -0.3 is 9.90 Å². The van der Waals surface area contributed by atoms with Gasteiger partial charge in [0.2, 0.25) is 0 Å². The maximum Gasteiger partial charge on any atom is 0.0731 e. The number of anilines is 1. The smallest absolute Gasteiger partial charge is 0.0731 e. The van der Waals surface area contributed by atoms with Crippen LogP contribution in [0, 0.1) is 0 Å². The van der Waals surface area contributed by atoms with Crippen LogP contribution >= 0.6 is 23.2 Å². The Kier molecular flexibility index (Phi) is 4.83. The van der Waals surface area contributed by atoms with Crippen molar-refractivity contribution < 1.29 is 9.90 Å². The number of carboxylic acids is 1. The molecule has 0 aliphatic carbocycles. The third-order valence-electron chi connectivity index (χ3n) is 2.78. The van der Waals surface area contributed by atoms with Gasteiger partial charge in [-0.05, 0) is 42.8 Å². The van der Waals surface area contributed by atoms with E-state index in [4.69, 9.17) is 23.2 Å². The molecule has 21 heavy (non-hydrogen) atoms. The lowest BCUT2D eigenvalue weighted by Crippen LogP contribution is -2.22. The third kappa shape index (κ3) is 3.97. The molecule has 0 bridgehead atoms. The fourth-order valence-electron chi connectivity index (χ4n) is 1.68. The van der Waals surface area contributed by atoms with Crippen LogP contribution in [0.25, 0.3) is 0 Å². The number of carboxylic acid groups (broad SMARTS) is 1. The summed E-state index contributed by atoms with van der Waals surface area (Å²) in [5.41, 5.74) is 4.77. The molecule has 108 valence electrons. The van der Waals surface area contributed by atoms with Crippen LogP contribution in [-0.2, 0) is 0 Å². The summed E-state index contributed by atoms with van der Waals surface area (Å²) in [7, 11) is 0. The van der Waals surface area contributed by atoms with Crippen molar-refractivity contribution in [3.63, 3.8) is 0 Å². The highest BCUT2D eigenvalue weighted by molar-refractivity contribution is 6.33. The Hall–Kier alpha value is -2.04. The fraction of sp³-hybridized carbons (Fsp3) is 0.0667. The first-order chi connectivity index (χ1) is 9.97. The molecular formula is C15H11Cl2N2O2-.